The number of hydrogen-bond donors (Lipinski definition) is 1. The van der Waals surface area contributed by atoms with Crippen LogP contribution < -0.4 is 10.2 Å². The Balaban J connectivity index is 2.58. The minimum atomic E-state index is -0.913. The van der Waals surface area contributed by atoms with Gasteiger partial charge in [0.25, 0.3) is 0 Å². The topological polar surface area (TPSA) is 49.4 Å². The lowest BCUT2D eigenvalue weighted by atomic mass is 10.0. The second-order valence-corrected chi connectivity index (χ2v) is 5.50. The molecule has 1 aliphatic heterocycles. The Bertz CT molecular complexity index is 556. The summed E-state index contributed by atoms with van der Waals surface area (Å²) in [7, 11) is 0. The minimum absolute atomic E-state index is 0.228. The number of carbonyl (C=O) groups is 2. The fourth-order valence-electron chi connectivity index (χ4n) is 2.25. The normalized spacial score (nSPS) is 22.9. The van der Waals surface area contributed by atoms with Crippen molar-refractivity contribution < 1.29 is 18.4 Å². The molecule has 2 rings (SSSR count). The predicted molar refractivity (Wildman–Crippen MR) is 73.2 cm³/mol. The molecule has 4 nitrogen and oxygen atoms in total. The van der Waals surface area contributed by atoms with Crippen LogP contribution in [0, 0.1) is 11.6 Å². The summed E-state index contributed by atoms with van der Waals surface area (Å²) in [4.78, 5) is 25.0. The lowest BCUT2D eigenvalue weighted by Crippen LogP contribution is -2.63. The predicted octanol–water partition coefficient (Wildman–Crippen LogP) is 2.36. The number of nitrogens with one attached hydrogen (secondary N) is 1. The van der Waals surface area contributed by atoms with Gasteiger partial charge in [-0.3, -0.25) is 14.5 Å². The van der Waals surface area contributed by atoms with Gasteiger partial charge in [0, 0.05) is 4.47 Å². The van der Waals surface area contributed by atoms with Crippen LogP contribution in [0.2, 0.25) is 0 Å². The van der Waals surface area contributed by atoms with Crippen molar-refractivity contribution in [1.29, 1.82) is 0 Å². The molecular weight excluding hydrogens is 334 g/mol. The number of hydrogen-bond acceptors (Lipinski definition) is 2. The third-order valence-electron chi connectivity index (χ3n) is 3.19. The molecule has 20 heavy (non-hydrogen) atoms. The van der Waals surface area contributed by atoms with Gasteiger partial charge in [0.2, 0.25) is 11.8 Å². The van der Waals surface area contributed by atoms with Gasteiger partial charge >= 0.3 is 0 Å². The molecular formula is C13H13BrF2N2O2. The van der Waals surface area contributed by atoms with Gasteiger partial charge in [0.15, 0.2) is 11.6 Å². The summed E-state index contributed by atoms with van der Waals surface area (Å²) < 4.78 is 28.3. The van der Waals surface area contributed by atoms with Gasteiger partial charge in [-0.15, -0.1) is 0 Å². The lowest BCUT2D eigenvalue weighted by molar-refractivity contribution is -0.133. The van der Waals surface area contributed by atoms with Gasteiger partial charge in [-0.1, -0.05) is 22.9 Å². The summed E-state index contributed by atoms with van der Waals surface area (Å²) in [6.07, 6.45) is 0.263. The number of benzene rings is 1. The van der Waals surface area contributed by atoms with E-state index in [2.05, 4.69) is 21.2 Å². The zero-order chi connectivity index (χ0) is 15.0. The Morgan fingerprint density at radius 1 is 1.30 bits per heavy atom. The van der Waals surface area contributed by atoms with Crippen molar-refractivity contribution in [2.45, 2.75) is 32.4 Å². The third-order valence-corrected chi connectivity index (χ3v) is 3.65. The smallest absolute Gasteiger partial charge is 0.250 e. The molecule has 7 heteroatoms. The van der Waals surface area contributed by atoms with E-state index in [0.717, 1.165) is 17.0 Å². The first-order chi connectivity index (χ1) is 9.36. The summed E-state index contributed by atoms with van der Waals surface area (Å²) >= 11 is 2.98. The van der Waals surface area contributed by atoms with Crippen molar-refractivity contribution in [2.24, 2.45) is 0 Å². The summed E-state index contributed by atoms with van der Waals surface area (Å²) in [6, 6.07) is 0.405. The minimum Gasteiger partial charge on any atom is -0.343 e. The highest BCUT2D eigenvalue weighted by Crippen LogP contribution is 2.31. The number of piperazine rings is 1. The van der Waals surface area contributed by atoms with Crippen molar-refractivity contribution in [3.63, 3.8) is 0 Å². The third kappa shape index (κ3) is 2.42. The molecule has 1 N–H and O–H groups in total. The van der Waals surface area contributed by atoms with Crippen molar-refractivity contribution in [1.82, 2.24) is 5.32 Å². The van der Waals surface area contributed by atoms with Gasteiger partial charge in [0.05, 0.1) is 0 Å². The summed E-state index contributed by atoms with van der Waals surface area (Å²) in [6.45, 7) is 3.16. The highest BCUT2D eigenvalue weighted by atomic mass is 79.9. The van der Waals surface area contributed by atoms with E-state index in [-0.39, 0.29) is 10.9 Å². The quantitative estimate of drug-likeness (QED) is 0.893. The van der Waals surface area contributed by atoms with Crippen LogP contribution in [0.15, 0.2) is 16.6 Å². The Morgan fingerprint density at radius 2 is 1.85 bits per heavy atom. The number of carbonyl (C=O) groups excluding carboxylic acids is 2. The molecule has 0 spiro atoms. The maximum Gasteiger partial charge on any atom is 0.250 e. The first kappa shape index (κ1) is 14.9. The molecule has 0 saturated carbocycles. The molecule has 0 aromatic heterocycles. The first-order valence-corrected chi connectivity index (χ1v) is 6.94. The molecule has 1 heterocycles. The van der Waals surface area contributed by atoms with Crippen LogP contribution in [0.4, 0.5) is 14.5 Å². The van der Waals surface area contributed by atoms with Gasteiger partial charge in [-0.25, -0.2) is 8.78 Å². The zero-order valence-corrected chi connectivity index (χ0v) is 12.5. The van der Waals surface area contributed by atoms with E-state index in [1.165, 1.54) is 6.92 Å². The van der Waals surface area contributed by atoms with E-state index in [9.17, 15) is 18.4 Å². The van der Waals surface area contributed by atoms with Crippen LogP contribution in [-0.4, -0.2) is 23.9 Å². The highest BCUT2D eigenvalue weighted by molar-refractivity contribution is 9.10. The average Bonchev–Trinajstić information content (AvgIpc) is 2.34. The summed E-state index contributed by atoms with van der Waals surface area (Å²) in [5.74, 6) is -2.71. The standard InChI is InChI=1S/C13H13BrF2N2O2/c1-3-10-12(19)17-6(2)13(20)18(10)11-8(15)4-7(14)5-9(11)16/h4-6,10H,3H2,1-2H3,(H,17,19). The van der Waals surface area contributed by atoms with E-state index in [1.807, 2.05) is 0 Å². The second-order valence-electron chi connectivity index (χ2n) is 4.58. The monoisotopic (exact) mass is 346 g/mol. The van der Waals surface area contributed by atoms with Crippen molar-refractivity contribution in [3.05, 3.63) is 28.2 Å². The van der Waals surface area contributed by atoms with E-state index in [4.69, 9.17) is 0 Å². The molecule has 1 aliphatic rings. The SMILES string of the molecule is CCC1C(=O)NC(C)C(=O)N1c1c(F)cc(Br)cc1F. The van der Waals surface area contributed by atoms with Crippen LogP contribution in [0.1, 0.15) is 20.3 Å². The van der Waals surface area contributed by atoms with Crippen LogP contribution in [-0.2, 0) is 9.59 Å². The van der Waals surface area contributed by atoms with Crippen molar-refractivity contribution in [3.8, 4) is 0 Å². The fourth-order valence-corrected chi connectivity index (χ4v) is 2.65. The molecule has 1 aromatic carbocycles. The Kier molecular flexibility index (Phi) is 4.08. The van der Waals surface area contributed by atoms with Gasteiger partial charge in [-0.05, 0) is 25.5 Å². The Morgan fingerprint density at radius 3 is 2.35 bits per heavy atom. The average molecular weight is 347 g/mol. The van der Waals surface area contributed by atoms with Crippen molar-refractivity contribution >= 4 is 33.4 Å². The van der Waals surface area contributed by atoms with Gasteiger partial charge < -0.3 is 5.32 Å². The molecule has 108 valence electrons. The molecule has 0 aliphatic carbocycles. The molecule has 2 unspecified atom stereocenters. The van der Waals surface area contributed by atoms with Crippen LogP contribution in [0.25, 0.3) is 0 Å². The first-order valence-electron chi connectivity index (χ1n) is 6.14. The number of anilines is 1. The molecule has 0 bridgehead atoms. The summed E-state index contributed by atoms with van der Waals surface area (Å²) in [5, 5.41) is 2.50. The summed E-state index contributed by atoms with van der Waals surface area (Å²) in [5.41, 5.74) is -0.480. The number of rotatable bonds is 2. The maximum atomic E-state index is 14.0. The van der Waals surface area contributed by atoms with E-state index >= 15 is 0 Å². The lowest BCUT2D eigenvalue weighted by Gasteiger charge is -2.37. The van der Waals surface area contributed by atoms with Crippen LogP contribution in [0.3, 0.4) is 0 Å². The molecule has 2 amide bonds. The molecule has 1 fully saturated rings. The highest BCUT2D eigenvalue weighted by Gasteiger charge is 2.40. The largest absolute Gasteiger partial charge is 0.343 e. The number of amides is 2. The van der Waals surface area contributed by atoms with E-state index in [1.54, 1.807) is 6.92 Å². The molecule has 2 atom stereocenters. The van der Waals surface area contributed by atoms with Crippen molar-refractivity contribution in [2.75, 3.05) is 4.90 Å². The van der Waals surface area contributed by atoms with E-state index in [0.29, 0.717) is 0 Å². The Hall–Kier alpha value is -1.50. The Labute approximate surface area is 123 Å². The fraction of sp³-hybridized carbons (Fsp3) is 0.385. The van der Waals surface area contributed by atoms with Crippen LogP contribution in [0.5, 0.6) is 0 Å². The second kappa shape index (κ2) is 5.47. The number of nitrogens with zero attached hydrogens (tertiary/aromatic N) is 1. The molecule has 1 aromatic rings. The van der Waals surface area contributed by atoms with Gasteiger partial charge in [-0.2, -0.15) is 0 Å². The van der Waals surface area contributed by atoms with E-state index < -0.39 is 41.2 Å². The number of halogens is 3. The van der Waals surface area contributed by atoms with Gasteiger partial charge in [0.1, 0.15) is 17.8 Å². The van der Waals surface area contributed by atoms with Crippen LogP contribution >= 0.6 is 15.9 Å². The molecule has 1 saturated heterocycles. The zero-order valence-electron chi connectivity index (χ0n) is 10.9. The maximum absolute atomic E-state index is 14.0. The molecule has 0 radical (unpaired) electrons.